The molecule has 1 aromatic rings. The molecule has 0 aliphatic heterocycles. The van der Waals surface area contributed by atoms with Gasteiger partial charge in [-0.2, -0.15) is 11.8 Å². The summed E-state index contributed by atoms with van der Waals surface area (Å²) in [5.74, 6) is 0.855. The Morgan fingerprint density at radius 3 is 2.76 bits per heavy atom. The summed E-state index contributed by atoms with van der Waals surface area (Å²) in [6.45, 7) is 1.77. The third kappa shape index (κ3) is 3.61. The molecule has 0 saturated carbocycles. The maximum atomic E-state index is 12.4. The number of furan rings is 1. The van der Waals surface area contributed by atoms with E-state index in [9.17, 15) is 14.7 Å². The summed E-state index contributed by atoms with van der Waals surface area (Å²) in [4.78, 5) is 23.7. The number of carboxylic acid groups (broad SMARTS) is 1. The van der Waals surface area contributed by atoms with Crippen LogP contribution in [0.15, 0.2) is 4.42 Å². The van der Waals surface area contributed by atoms with E-state index in [2.05, 4.69) is 5.32 Å². The maximum Gasteiger partial charge on any atom is 0.326 e. The van der Waals surface area contributed by atoms with E-state index in [1.165, 1.54) is 0 Å². The first-order valence-corrected chi connectivity index (χ1v) is 8.57. The number of aliphatic carboxylic acids is 1. The van der Waals surface area contributed by atoms with Gasteiger partial charge in [0.15, 0.2) is 0 Å². The number of nitrogens with one attached hydrogen (secondary N) is 1. The number of carbonyl (C=O) groups is 2. The Labute approximate surface area is 128 Å². The normalized spacial score (nSPS) is 15.3. The van der Waals surface area contributed by atoms with Gasteiger partial charge in [-0.15, -0.1) is 0 Å². The van der Waals surface area contributed by atoms with E-state index in [0.717, 1.165) is 37.0 Å². The van der Waals surface area contributed by atoms with Gasteiger partial charge < -0.3 is 14.8 Å². The number of hydrogen-bond acceptors (Lipinski definition) is 4. The van der Waals surface area contributed by atoms with Crippen LogP contribution in [0, 0.1) is 6.92 Å². The number of aryl methyl sites for hydroxylation is 2. The van der Waals surface area contributed by atoms with Gasteiger partial charge in [0.05, 0.1) is 5.56 Å². The molecule has 1 aliphatic carbocycles. The average molecular weight is 311 g/mol. The van der Waals surface area contributed by atoms with Crippen LogP contribution < -0.4 is 5.32 Å². The number of rotatable bonds is 6. The number of fused-ring (bicyclic) bond motifs is 1. The van der Waals surface area contributed by atoms with Crippen molar-refractivity contribution in [1.29, 1.82) is 0 Å². The van der Waals surface area contributed by atoms with Crippen LogP contribution in [0.1, 0.15) is 46.7 Å². The second-order valence-corrected chi connectivity index (χ2v) is 6.27. The van der Waals surface area contributed by atoms with Gasteiger partial charge in [-0.05, 0) is 44.6 Å². The third-order valence-corrected chi connectivity index (χ3v) is 4.43. The zero-order valence-corrected chi connectivity index (χ0v) is 13.2. The Bertz CT molecular complexity index is 538. The average Bonchev–Trinajstić information content (AvgIpc) is 2.78. The zero-order valence-electron chi connectivity index (χ0n) is 12.4. The summed E-state index contributed by atoms with van der Waals surface area (Å²) in [5.41, 5.74) is 1.50. The van der Waals surface area contributed by atoms with Crippen molar-refractivity contribution in [2.75, 3.05) is 12.0 Å². The molecule has 5 nitrogen and oxygen atoms in total. The van der Waals surface area contributed by atoms with Crippen LogP contribution in [0.5, 0.6) is 0 Å². The Hall–Kier alpha value is -1.43. The van der Waals surface area contributed by atoms with Crippen LogP contribution in [0.25, 0.3) is 0 Å². The van der Waals surface area contributed by atoms with Crippen LogP contribution in [-0.4, -0.2) is 35.0 Å². The molecule has 2 N–H and O–H groups in total. The number of hydrogen-bond donors (Lipinski definition) is 2. The molecule has 1 atom stereocenters. The van der Waals surface area contributed by atoms with Crippen LogP contribution in [-0.2, 0) is 17.6 Å². The highest BCUT2D eigenvalue weighted by Gasteiger charge is 2.28. The highest BCUT2D eigenvalue weighted by Crippen LogP contribution is 2.29. The standard InChI is InChI=1S/C15H21NO4S/c1-9-13(10-5-3-4-6-12(10)20-9)14(17)16-11(15(18)19)7-8-21-2/h11H,3-8H2,1-2H3,(H,16,17)(H,18,19)/t11-/m1/s1. The fourth-order valence-corrected chi connectivity index (χ4v) is 3.19. The molecule has 0 radical (unpaired) electrons. The Kier molecular flexibility index (Phi) is 5.33. The van der Waals surface area contributed by atoms with E-state index < -0.39 is 12.0 Å². The van der Waals surface area contributed by atoms with Crippen LogP contribution >= 0.6 is 11.8 Å². The smallest absolute Gasteiger partial charge is 0.326 e. The molecule has 116 valence electrons. The summed E-state index contributed by atoms with van der Waals surface area (Å²) in [6, 6.07) is -0.849. The van der Waals surface area contributed by atoms with E-state index in [-0.39, 0.29) is 5.91 Å². The molecule has 1 heterocycles. The molecule has 0 fully saturated rings. The van der Waals surface area contributed by atoms with Crippen LogP contribution in [0.2, 0.25) is 0 Å². The fraction of sp³-hybridized carbons (Fsp3) is 0.600. The summed E-state index contributed by atoms with van der Waals surface area (Å²) in [7, 11) is 0. The molecular formula is C15H21NO4S. The summed E-state index contributed by atoms with van der Waals surface area (Å²) < 4.78 is 5.67. The molecule has 1 amide bonds. The minimum absolute atomic E-state index is 0.326. The van der Waals surface area contributed by atoms with Gasteiger partial charge in [-0.3, -0.25) is 4.79 Å². The molecule has 0 bridgehead atoms. The fourth-order valence-electron chi connectivity index (χ4n) is 2.72. The van der Waals surface area contributed by atoms with Gasteiger partial charge in [0, 0.05) is 12.0 Å². The minimum Gasteiger partial charge on any atom is -0.480 e. The second-order valence-electron chi connectivity index (χ2n) is 5.29. The zero-order chi connectivity index (χ0) is 15.4. The van der Waals surface area contributed by atoms with Gasteiger partial charge in [0.2, 0.25) is 0 Å². The number of amides is 1. The van der Waals surface area contributed by atoms with Crippen molar-refractivity contribution in [2.45, 2.75) is 45.1 Å². The summed E-state index contributed by atoms with van der Waals surface area (Å²) in [5, 5.41) is 11.8. The predicted octanol–water partition coefficient (Wildman–Crippen LogP) is 2.40. The summed E-state index contributed by atoms with van der Waals surface area (Å²) >= 11 is 1.56. The van der Waals surface area contributed by atoms with E-state index >= 15 is 0 Å². The molecule has 0 aromatic carbocycles. The molecule has 1 aromatic heterocycles. The lowest BCUT2D eigenvalue weighted by molar-refractivity contribution is -0.139. The molecule has 6 heteroatoms. The molecule has 0 unspecified atom stereocenters. The molecule has 1 aliphatic rings. The van der Waals surface area contributed by atoms with Crippen LogP contribution in [0.3, 0.4) is 0 Å². The highest BCUT2D eigenvalue weighted by atomic mass is 32.2. The maximum absolute atomic E-state index is 12.4. The lowest BCUT2D eigenvalue weighted by atomic mass is 9.94. The van der Waals surface area contributed by atoms with Gasteiger partial charge >= 0.3 is 5.97 Å². The van der Waals surface area contributed by atoms with E-state index in [1.54, 1.807) is 18.7 Å². The van der Waals surface area contributed by atoms with Crippen molar-refractivity contribution < 1.29 is 19.1 Å². The minimum atomic E-state index is -0.993. The first-order chi connectivity index (χ1) is 10.0. The quantitative estimate of drug-likeness (QED) is 0.843. The van der Waals surface area contributed by atoms with Crippen molar-refractivity contribution in [1.82, 2.24) is 5.32 Å². The SMILES string of the molecule is CSCC[C@@H](NC(=O)c1c(C)oc2c1CCCC2)C(=O)O. The monoisotopic (exact) mass is 311 g/mol. The van der Waals surface area contributed by atoms with Crippen molar-refractivity contribution in [3.8, 4) is 0 Å². The molecule has 21 heavy (non-hydrogen) atoms. The van der Waals surface area contributed by atoms with Crippen molar-refractivity contribution >= 4 is 23.6 Å². The first kappa shape index (κ1) is 15.9. The molecular weight excluding hydrogens is 290 g/mol. The van der Waals surface area contributed by atoms with Gasteiger partial charge in [0.1, 0.15) is 17.6 Å². The van der Waals surface area contributed by atoms with E-state index in [0.29, 0.717) is 23.5 Å². The third-order valence-electron chi connectivity index (χ3n) is 3.79. The lowest BCUT2D eigenvalue weighted by Gasteiger charge is -2.15. The number of carboxylic acids is 1. The summed E-state index contributed by atoms with van der Waals surface area (Å²) in [6.07, 6.45) is 6.14. The van der Waals surface area contributed by atoms with Gasteiger partial charge in [-0.1, -0.05) is 0 Å². The van der Waals surface area contributed by atoms with Crippen molar-refractivity contribution in [2.24, 2.45) is 0 Å². The Balaban J connectivity index is 2.16. The Morgan fingerprint density at radius 1 is 1.38 bits per heavy atom. The molecule has 0 spiro atoms. The number of thioether (sulfide) groups is 1. The topological polar surface area (TPSA) is 79.5 Å². The molecule has 2 rings (SSSR count). The first-order valence-electron chi connectivity index (χ1n) is 7.18. The Morgan fingerprint density at radius 2 is 2.10 bits per heavy atom. The largest absolute Gasteiger partial charge is 0.480 e. The lowest BCUT2D eigenvalue weighted by Crippen LogP contribution is -2.41. The van der Waals surface area contributed by atoms with E-state index in [1.807, 2.05) is 6.26 Å². The van der Waals surface area contributed by atoms with Gasteiger partial charge in [-0.25, -0.2) is 4.79 Å². The van der Waals surface area contributed by atoms with Crippen molar-refractivity contribution in [3.05, 3.63) is 22.6 Å². The molecule has 0 saturated heterocycles. The number of carbonyl (C=O) groups excluding carboxylic acids is 1. The van der Waals surface area contributed by atoms with Gasteiger partial charge in [0.25, 0.3) is 5.91 Å². The predicted molar refractivity (Wildman–Crippen MR) is 82.0 cm³/mol. The second kappa shape index (κ2) is 7.02. The van der Waals surface area contributed by atoms with Crippen molar-refractivity contribution in [3.63, 3.8) is 0 Å². The van der Waals surface area contributed by atoms with Crippen LogP contribution in [0.4, 0.5) is 0 Å². The van der Waals surface area contributed by atoms with E-state index in [4.69, 9.17) is 4.42 Å². The highest BCUT2D eigenvalue weighted by molar-refractivity contribution is 7.98.